The van der Waals surface area contributed by atoms with Crippen LogP contribution >= 0.6 is 0 Å². The normalized spacial score (nSPS) is 4.22. The zero-order valence-corrected chi connectivity index (χ0v) is 14.9. The topological polar surface area (TPSA) is 51.2 Å². The van der Waals surface area contributed by atoms with Crippen LogP contribution in [0.4, 0.5) is 0 Å². The second-order valence-corrected chi connectivity index (χ2v) is 1.38. The molecule has 0 unspecified atom stereocenters. The average Bonchev–Trinajstić information content (AvgIpc) is 2.39. The monoisotopic (exact) mass is 266 g/mol. The number of carbonyl (C=O) groups excluding carboxylic acids is 3. The van der Waals surface area contributed by atoms with Crippen LogP contribution in [0.5, 0.6) is 0 Å². The highest BCUT2D eigenvalue weighted by atomic mass is 16.1. The predicted molar refractivity (Wildman–Crippen MR) is 85.2 cm³/mol. The third-order valence-corrected chi connectivity index (χ3v) is 0. The number of hydrogen-bond donors (Lipinski definition) is 0. The Labute approximate surface area is 116 Å². The van der Waals surface area contributed by atoms with E-state index in [1.54, 1.807) is 0 Å². The van der Waals surface area contributed by atoms with Crippen molar-refractivity contribution >= 4 is 18.4 Å². The number of Topliss-reactive ketones (excluding diaryl/α,β-unsaturated/α-hetero) is 1. The molecule has 18 heavy (non-hydrogen) atoms. The summed E-state index contributed by atoms with van der Waals surface area (Å²) >= 11 is 0. The van der Waals surface area contributed by atoms with Crippen LogP contribution in [0, 0.1) is 0 Å². The molecule has 3 nitrogen and oxygen atoms in total. The van der Waals surface area contributed by atoms with Crippen LogP contribution < -0.4 is 0 Å². The predicted octanol–water partition coefficient (Wildman–Crippen LogP) is 5.11. The molecule has 0 atom stereocenters. The van der Waals surface area contributed by atoms with Crippen molar-refractivity contribution in [3.8, 4) is 0 Å². The molecule has 0 saturated heterocycles. The van der Waals surface area contributed by atoms with Gasteiger partial charge >= 0.3 is 0 Å². The quantitative estimate of drug-likeness (QED) is 0.572. The van der Waals surface area contributed by atoms with Gasteiger partial charge in [-0.25, -0.2) is 0 Å². The standard InChI is InChI=1S/C3H6O.2C2H4O.4C2H6/c1-3(2)4;2*1-2-3;4*1-2/h1-2H3;2*2H,1H3;4*1-2H3. The molecule has 0 aliphatic heterocycles. The van der Waals surface area contributed by atoms with Gasteiger partial charge in [0.25, 0.3) is 0 Å². The first kappa shape index (κ1) is 43.5. The first-order chi connectivity index (χ1) is 8.56. The summed E-state index contributed by atoms with van der Waals surface area (Å²) in [4.78, 5) is 27.1. The van der Waals surface area contributed by atoms with Gasteiger partial charge < -0.3 is 14.4 Å². The molecule has 0 saturated carbocycles. The van der Waals surface area contributed by atoms with Crippen molar-refractivity contribution in [3.05, 3.63) is 0 Å². The summed E-state index contributed by atoms with van der Waals surface area (Å²) in [7, 11) is 0. The van der Waals surface area contributed by atoms with E-state index >= 15 is 0 Å². The lowest BCUT2D eigenvalue weighted by Crippen LogP contribution is -1.69. The highest BCUT2D eigenvalue weighted by Crippen LogP contribution is 1.50. The molecule has 0 aliphatic rings. The summed E-state index contributed by atoms with van der Waals surface area (Å²) in [5, 5.41) is 0. The van der Waals surface area contributed by atoms with E-state index in [0.717, 1.165) is 12.6 Å². The number of ketones is 1. The Balaban J connectivity index is -0.0000000161. The molecule has 0 fully saturated rings. The van der Waals surface area contributed by atoms with Gasteiger partial charge in [0.2, 0.25) is 0 Å². The van der Waals surface area contributed by atoms with Crippen molar-refractivity contribution in [2.45, 2.75) is 83.1 Å². The van der Waals surface area contributed by atoms with E-state index < -0.39 is 0 Å². The van der Waals surface area contributed by atoms with Gasteiger partial charge in [0, 0.05) is 0 Å². The van der Waals surface area contributed by atoms with Crippen LogP contribution in [0.3, 0.4) is 0 Å². The second kappa shape index (κ2) is 224. The zero-order chi connectivity index (χ0) is 17.0. The largest absolute Gasteiger partial charge is 0.304 e. The fourth-order valence-corrected chi connectivity index (χ4v) is 0. The number of rotatable bonds is 0. The van der Waals surface area contributed by atoms with Crippen LogP contribution in [-0.4, -0.2) is 18.4 Å². The van der Waals surface area contributed by atoms with E-state index in [1.807, 2.05) is 55.4 Å². The first-order valence-electron chi connectivity index (χ1n) is 6.83. The molecular weight excluding hydrogens is 228 g/mol. The summed E-state index contributed by atoms with van der Waals surface area (Å²) in [6.45, 7) is 21.9. The van der Waals surface area contributed by atoms with E-state index in [4.69, 9.17) is 9.59 Å². The summed E-state index contributed by atoms with van der Waals surface area (Å²) in [5.41, 5.74) is 0. The van der Waals surface area contributed by atoms with Crippen molar-refractivity contribution in [2.24, 2.45) is 0 Å². The van der Waals surface area contributed by atoms with Gasteiger partial charge in [0.1, 0.15) is 18.4 Å². The van der Waals surface area contributed by atoms with E-state index in [9.17, 15) is 4.79 Å². The van der Waals surface area contributed by atoms with E-state index in [1.165, 1.54) is 27.7 Å². The van der Waals surface area contributed by atoms with Crippen LogP contribution in [0.1, 0.15) is 83.1 Å². The molecule has 116 valence electrons. The van der Waals surface area contributed by atoms with E-state index in [0.29, 0.717) is 0 Å². The molecule has 0 aromatic heterocycles. The maximum Gasteiger partial charge on any atom is 0.126 e. The molecule has 0 N–H and O–H groups in total. The first-order valence-corrected chi connectivity index (χ1v) is 6.83. The number of hydrogen-bond acceptors (Lipinski definition) is 3. The fraction of sp³-hybridized carbons (Fsp3) is 0.800. The Hall–Kier alpha value is -0.990. The van der Waals surface area contributed by atoms with Crippen molar-refractivity contribution in [1.82, 2.24) is 0 Å². The highest BCUT2D eigenvalue weighted by Gasteiger charge is 1.62. The number of aldehydes is 2. The molecule has 3 heteroatoms. The van der Waals surface area contributed by atoms with Crippen molar-refractivity contribution in [2.75, 3.05) is 0 Å². The Morgan fingerprint density at radius 2 is 0.611 bits per heavy atom. The third-order valence-electron chi connectivity index (χ3n) is 0. The average molecular weight is 266 g/mol. The molecule has 0 radical (unpaired) electrons. The second-order valence-electron chi connectivity index (χ2n) is 1.38. The fourth-order valence-electron chi connectivity index (χ4n) is 0. The summed E-state index contributed by atoms with van der Waals surface area (Å²) in [5.74, 6) is 0.167. The molecule has 0 aromatic carbocycles. The maximum atomic E-state index is 9.44. The summed E-state index contributed by atoms with van der Waals surface area (Å²) in [6, 6.07) is 0. The molecule has 0 aromatic rings. The molecule has 0 rings (SSSR count). The van der Waals surface area contributed by atoms with Gasteiger partial charge in [-0.15, -0.1) is 0 Å². The van der Waals surface area contributed by atoms with Gasteiger partial charge in [-0.3, -0.25) is 0 Å². The Kier molecular flexibility index (Phi) is 542. The lowest BCUT2D eigenvalue weighted by Gasteiger charge is -1.56. The van der Waals surface area contributed by atoms with Gasteiger partial charge in [-0.2, -0.15) is 0 Å². The lowest BCUT2D eigenvalue weighted by atomic mass is 10.6. The summed E-state index contributed by atoms with van der Waals surface area (Å²) in [6.07, 6.45) is 1.50. The van der Waals surface area contributed by atoms with Crippen LogP contribution in [0.25, 0.3) is 0 Å². The smallest absolute Gasteiger partial charge is 0.126 e. The number of carbonyl (C=O) groups is 3. The third kappa shape index (κ3) is 3010. The van der Waals surface area contributed by atoms with Crippen molar-refractivity contribution < 1.29 is 14.4 Å². The molecule has 0 heterocycles. The molecule has 0 amide bonds. The van der Waals surface area contributed by atoms with Crippen LogP contribution in [0.2, 0.25) is 0 Å². The molecule has 0 bridgehead atoms. The van der Waals surface area contributed by atoms with E-state index in [2.05, 4.69) is 0 Å². The van der Waals surface area contributed by atoms with Crippen molar-refractivity contribution in [3.63, 3.8) is 0 Å². The van der Waals surface area contributed by atoms with E-state index in [-0.39, 0.29) is 5.78 Å². The molecule has 0 aliphatic carbocycles. The van der Waals surface area contributed by atoms with Crippen LogP contribution in [0.15, 0.2) is 0 Å². The van der Waals surface area contributed by atoms with Gasteiger partial charge in [0.15, 0.2) is 0 Å². The zero-order valence-electron chi connectivity index (χ0n) is 14.9. The molecular formula is C15H38O3. The summed E-state index contributed by atoms with van der Waals surface area (Å²) < 4.78 is 0. The highest BCUT2D eigenvalue weighted by molar-refractivity contribution is 5.72. The SMILES string of the molecule is CC.CC.CC.CC.CC(C)=O.CC=O.CC=O. The minimum atomic E-state index is 0.167. The Bertz CT molecular complexity index is 79.7. The van der Waals surface area contributed by atoms with Crippen molar-refractivity contribution in [1.29, 1.82) is 0 Å². The van der Waals surface area contributed by atoms with Crippen LogP contribution in [-0.2, 0) is 14.4 Å². The Morgan fingerprint density at radius 1 is 0.611 bits per heavy atom. The molecule has 0 spiro atoms. The minimum absolute atomic E-state index is 0.167. The lowest BCUT2D eigenvalue weighted by molar-refractivity contribution is -0.115. The maximum absolute atomic E-state index is 9.44. The Morgan fingerprint density at radius 3 is 0.611 bits per heavy atom. The van der Waals surface area contributed by atoms with Gasteiger partial charge in [-0.05, 0) is 27.7 Å². The van der Waals surface area contributed by atoms with Gasteiger partial charge in [0.05, 0.1) is 0 Å². The minimum Gasteiger partial charge on any atom is -0.304 e. The van der Waals surface area contributed by atoms with Gasteiger partial charge in [-0.1, -0.05) is 55.4 Å².